The van der Waals surface area contributed by atoms with Crippen LogP contribution in [0.15, 0.2) is 9.59 Å². The zero-order chi connectivity index (χ0) is 9.30. The molecule has 0 aliphatic carbocycles. The molecule has 0 unspecified atom stereocenters. The van der Waals surface area contributed by atoms with E-state index >= 15 is 0 Å². The fraction of sp³-hybridized carbons (Fsp3) is 0.200. The van der Waals surface area contributed by atoms with Crippen molar-refractivity contribution in [1.29, 1.82) is 0 Å². The van der Waals surface area contributed by atoms with Crippen molar-refractivity contribution in [2.75, 3.05) is 0 Å². The van der Waals surface area contributed by atoms with E-state index in [2.05, 4.69) is 5.10 Å². The summed E-state index contributed by atoms with van der Waals surface area (Å²) in [5.41, 5.74) is -2.44. The van der Waals surface area contributed by atoms with Gasteiger partial charge in [0.05, 0.1) is 0 Å². The first-order chi connectivity index (χ1) is 5.52. The molecule has 0 radical (unpaired) electrons. The number of rotatable bonds is 1. The lowest BCUT2D eigenvalue weighted by molar-refractivity contribution is 0.0685. The molecule has 0 atom stereocenters. The van der Waals surface area contributed by atoms with Crippen molar-refractivity contribution in [3.8, 4) is 0 Å². The minimum atomic E-state index is -1.47. The van der Waals surface area contributed by atoms with Gasteiger partial charge in [-0.15, -0.1) is 0 Å². The highest BCUT2D eigenvalue weighted by Crippen LogP contribution is 1.77. The van der Waals surface area contributed by atoms with E-state index in [0.29, 0.717) is 0 Å². The monoisotopic (exact) mass is 171 g/mol. The van der Waals surface area contributed by atoms with Crippen LogP contribution in [0.3, 0.4) is 0 Å². The number of aryl methyl sites for hydroxylation is 1. The van der Waals surface area contributed by atoms with Gasteiger partial charge < -0.3 is 5.11 Å². The third-order valence-electron chi connectivity index (χ3n) is 1.18. The summed E-state index contributed by atoms with van der Waals surface area (Å²) < 4.78 is 0.741. The van der Waals surface area contributed by atoms with E-state index in [1.807, 2.05) is 0 Å². The molecule has 0 spiro atoms. The molecule has 0 amide bonds. The van der Waals surface area contributed by atoms with Crippen LogP contribution in [0, 0.1) is 0 Å². The minimum Gasteiger partial charge on any atom is -0.476 e. The minimum absolute atomic E-state index is 0.697. The molecular weight excluding hydrogens is 166 g/mol. The molecule has 1 heterocycles. The molecule has 0 bridgehead atoms. The van der Waals surface area contributed by atoms with Gasteiger partial charge in [0.15, 0.2) is 0 Å². The van der Waals surface area contributed by atoms with Gasteiger partial charge in [-0.3, -0.25) is 9.78 Å². The maximum absolute atomic E-state index is 10.7. The predicted molar refractivity (Wildman–Crippen MR) is 37.1 cm³/mol. The Kier molecular flexibility index (Phi) is 1.78. The zero-order valence-electron chi connectivity index (χ0n) is 6.07. The second-order valence-corrected chi connectivity index (χ2v) is 2.04. The summed E-state index contributed by atoms with van der Waals surface area (Å²) in [6.45, 7) is 0. The number of hydrogen-bond donors (Lipinski definition) is 2. The molecule has 64 valence electrons. The number of carboxylic acids is 1. The fourth-order valence-corrected chi connectivity index (χ4v) is 0.618. The van der Waals surface area contributed by atoms with E-state index in [0.717, 1.165) is 4.68 Å². The first-order valence-electron chi connectivity index (χ1n) is 2.93. The van der Waals surface area contributed by atoms with Crippen molar-refractivity contribution < 1.29 is 9.90 Å². The summed E-state index contributed by atoms with van der Waals surface area (Å²) in [6, 6.07) is 0. The van der Waals surface area contributed by atoms with Crippen molar-refractivity contribution in [3.63, 3.8) is 0 Å². The van der Waals surface area contributed by atoms with Crippen LogP contribution in [0.1, 0.15) is 10.5 Å². The van der Waals surface area contributed by atoms with E-state index in [4.69, 9.17) is 5.11 Å². The van der Waals surface area contributed by atoms with Gasteiger partial charge in [0.25, 0.3) is 5.56 Å². The molecule has 0 saturated carbocycles. The lowest BCUT2D eigenvalue weighted by Gasteiger charge is -1.94. The van der Waals surface area contributed by atoms with Crippen molar-refractivity contribution in [3.05, 3.63) is 26.5 Å². The molecule has 1 rings (SSSR count). The Hall–Kier alpha value is -1.92. The topological polar surface area (TPSA) is 105 Å². The molecule has 12 heavy (non-hydrogen) atoms. The molecule has 7 nitrogen and oxygen atoms in total. The molecule has 0 fully saturated rings. The van der Waals surface area contributed by atoms with E-state index in [1.54, 1.807) is 4.98 Å². The smallest absolute Gasteiger partial charge is 0.362 e. The predicted octanol–water partition coefficient (Wildman–Crippen LogP) is -1.83. The Bertz CT molecular complexity index is 429. The van der Waals surface area contributed by atoms with Gasteiger partial charge >= 0.3 is 11.7 Å². The summed E-state index contributed by atoms with van der Waals surface area (Å²) in [5, 5.41) is 11.6. The molecule has 1 aromatic heterocycles. The van der Waals surface area contributed by atoms with Gasteiger partial charge in [0.1, 0.15) is 0 Å². The first kappa shape index (κ1) is 8.18. The van der Waals surface area contributed by atoms with Crippen LogP contribution in [0.4, 0.5) is 0 Å². The number of aromatic nitrogens is 3. The Morgan fingerprint density at radius 3 is 2.67 bits per heavy atom. The highest BCUT2D eigenvalue weighted by molar-refractivity contribution is 5.84. The number of aromatic carboxylic acids is 1. The van der Waals surface area contributed by atoms with Gasteiger partial charge in [-0.1, -0.05) is 0 Å². The van der Waals surface area contributed by atoms with Crippen LogP contribution in [0.25, 0.3) is 0 Å². The number of nitrogens with one attached hydrogen (secondary N) is 1. The van der Waals surface area contributed by atoms with Crippen LogP contribution >= 0.6 is 0 Å². The molecule has 0 aliphatic rings. The highest BCUT2D eigenvalue weighted by atomic mass is 16.4. The van der Waals surface area contributed by atoms with Crippen molar-refractivity contribution in [2.45, 2.75) is 0 Å². The van der Waals surface area contributed by atoms with Crippen LogP contribution < -0.4 is 11.2 Å². The normalized spacial score (nSPS) is 9.75. The van der Waals surface area contributed by atoms with Crippen LogP contribution in [0.2, 0.25) is 0 Å². The summed E-state index contributed by atoms with van der Waals surface area (Å²) >= 11 is 0. The first-order valence-corrected chi connectivity index (χ1v) is 2.93. The van der Waals surface area contributed by atoms with Crippen molar-refractivity contribution >= 4 is 5.97 Å². The number of carboxylic acid groups (broad SMARTS) is 1. The number of nitrogens with zero attached hydrogens (tertiary/aromatic N) is 2. The zero-order valence-corrected chi connectivity index (χ0v) is 6.07. The number of H-pyrrole nitrogens is 1. The highest BCUT2D eigenvalue weighted by Gasteiger charge is 2.11. The molecule has 0 aliphatic heterocycles. The SMILES string of the molecule is Cn1nc(C(=O)O)c(=O)[nH]c1=O. The Morgan fingerprint density at radius 2 is 2.17 bits per heavy atom. The van der Waals surface area contributed by atoms with Crippen LogP contribution in [0.5, 0.6) is 0 Å². The maximum Gasteiger partial charge on any atom is 0.362 e. The van der Waals surface area contributed by atoms with E-state index < -0.39 is 22.9 Å². The number of aromatic amines is 1. The van der Waals surface area contributed by atoms with Gasteiger partial charge in [-0.25, -0.2) is 14.3 Å². The molecule has 0 aromatic carbocycles. The molecule has 0 saturated heterocycles. The van der Waals surface area contributed by atoms with Crippen molar-refractivity contribution in [2.24, 2.45) is 7.05 Å². The quantitative estimate of drug-likeness (QED) is 0.516. The van der Waals surface area contributed by atoms with E-state index in [9.17, 15) is 14.4 Å². The van der Waals surface area contributed by atoms with Crippen LogP contribution in [-0.2, 0) is 7.05 Å². The van der Waals surface area contributed by atoms with Gasteiger partial charge in [0.2, 0.25) is 5.69 Å². The molecule has 2 N–H and O–H groups in total. The number of hydrogen-bond acceptors (Lipinski definition) is 4. The van der Waals surface area contributed by atoms with E-state index in [1.165, 1.54) is 7.05 Å². The standard InChI is InChI=1S/C5H5N3O4/c1-8-5(12)6-3(9)2(7-8)4(10)11/h1H3,(H,10,11)(H,6,9,12). The largest absolute Gasteiger partial charge is 0.476 e. The summed E-state index contributed by atoms with van der Waals surface area (Å²) in [7, 11) is 1.24. The lowest BCUT2D eigenvalue weighted by atomic mass is 10.5. The third-order valence-corrected chi connectivity index (χ3v) is 1.18. The Labute approximate surface area is 65.3 Å². The number of carbonyl (C=O) groups is 1. The summed E-state index contributed by atoms with van der Waals surface area (Å²) in [5.74, 6) is -1.47. The second kappa shape index (κ2) is 2.61. The van der Waals surface area contributed by atoms with Crippen molar-refractivity contribution in [1.82, 2.24) is 14.8 Å². The molecule has 7 heteroatoms. The fourth-order valence-electron chi connectivity index (χ4n) is 0.618. The average Bonchev–Trinajstić information content (AvgIpc) is 1.96. The van der Waals surface area contributed by atoms with Crippen LogP contribution in [-0.4, -0.2) is 25.8 Å². The summed E-state index contributed by atoms with van der Waals surface area (Å²) in [4.78, 5) is 33.5. The molecular formula is C5H5N3O4. The maximum atomic E-state index is 10.7. The third kappa shape index (κ3) is 1.24. The van der Waals surface area contributed by atoms with Gasteiger partial charge in [0, 0.05) is 7.05 Å². The average molecular weight is 171 g/mol. The lowest BCUT2D eigenvalue weighted by Crippen LogP contribution is -2.34. The summed E-state index contributed by atoms with van der Waals surface area (Å²) in [6.07, 6.45) is 0. The molecule has 1 aromatic rings. The second-order valence-electron chi connectivity index (χ2n) is 2.04. The Balaban J connectivity index is 3.54. The van der Waals surface area contributed by atoms with Gasteiger partial charge in [-0.2, -0.15) is 5.10 Å². The van der Waals surface area contributed by atoms with E-state index in [-0.39, 0.29) is 0 Å². The van der Waals surface area contributed by atoms with Gasteiger partial charge in [-0.05, 0) is 0 Å². The Morgan fingerprint density at radius 1 is 1.58 bits per heavy atom.